The number of fused-ring (bicyclic) bond motifs is 1. The zero-order valence-electron chi connectivity index (χ0n) is 11.1. The Kier molecular flexibility index (Phi) is 3.04. The normalized spacial score (nSPS) is 11.6. The molecule has 0 saturated heterocycles. The van der Waals surface area contributed by atoms with E-state index in [9.17, 15) is 9.59 Å². The average molecular weight is 279 g/mol. The second-order valence-corrected chi connectivity index (χ2v) is 5.04. The van der Waals surface area contributed by atoms with Crippen LogP contribution in [0.5, 0.6) is 0 Å². The van der Waals surface area contributed by atoms with Gasteiger partial charge in [0.2, 0.25) is 11.4 Å². The van der Waals surface area contributed by atoms with Gasteiger partial charge in [-0.25, -0.2) is 19.1 Å². The molecule has 0 amide bonds. The number of nitrogens with one attached hydrogen (secondary N) is 2. The fourth-order valence-electron chi connectivity index (χ4n) is 1.47. The highest BCUT2D eigenvalue weighted by Crippen LogP contribution is 2.12. The molecular weight excluding hydrogens is 266 g/mol. The number of hydrogen-bond donors (Lipinski definition) is 3. The molecule has 9 heteroatoms. The number of ether oxygens (including phenoxy) is 1. The van der Waals surface area contributed by atoms with Gasteiger partial charge in [0, 0.05) is 6.20 Å². The molecule has 0 radical (unpaired) electrons. The smallest absolute Gasteiger partial charge is 0.418 e. The number of carboxylic acid groups (broad SMARTS) is 1. The monoisotopic (exact) mass is 279 g/mol. The van der Waals surface area contributed by atoms with E-state index in [-0.39, 0.29) is 17.0 Å². The average Bonchev–Trinajstić information content (AvgIpc) is 2.68. The molecule has 106 valence electrons. The van der Waals surface area contributed by atoms with Gasteiger partial charge in [0.15, 0.2) is 5.65 Å². The van der Waals surface area contributed by atoms with Crippen molar-refractivity contribution in [2.75, 3.05) is 0 Å². The van der Waals surface area contributed by atoms with Crippen LogP contribution >= 0.6 is 0 Å². The number of rotatable bonds is 1. The van der Waals surface area contributed by atoms with E-state index in [0.717, 1.165) is 6.20 Å². The minimum Gasteiger partial charge on any atom is -0.464 e. The Hall–Kier alpha value is -2.71. The molecule has 0 aliphatic heterocycles. The van der Waals surface area contributed by atoms with E-state index in [1.807, 2.05) is 0 Å². The van der Waals surface area contributed by atoms with Crippen LogP contribution < -0.4 is 5.62 Å². The second kappa shape index (κ2) is 4.44. The van der Waals surface area contributed by atoms with Crippen molar-refractivity contribution < 1.29 is 19.4 Å². The summed E-state index contributed by atoms with van der Waals surface area (Å²) in [5.74, 6) is -0.770. The van der Waals surface area contributed by atoms with Gasteiger partial charge in [0.25, 0.3) is 0 Å². The van der Waals surface area contributed by atoms with Gasteiger partial charge in [-0.05, 0) is 20.8 Å². The summed E-state index contributed by atoms with van der Waals surface area (Å²) in [7, 11) is 0. The molecule has 0 spiro atoms. The van der Waals surface area contributed by atoms with Crippen LogP contribution in [-0.4, -0.2) is 42.3 Å². The van der Waals surface area contributed by atoms with Crippen molar-refractivity contribution in [3.05, 3.63) is 17.6 Å². The fourth-order valence-corrected chi connectivity index (χ4v) is 1.47. The summed E-state index contributed by atoms with van der Waals surface area (Å²) in [6.07, 6.45) is -0.216. The number of nitrogens with zero attached hydrogens (tertiary/aromatic N) is 3. The summed E-state index contributed by atoms with van der Waals surface area (Å²) in [6.45, 7) is 5.14. The first-order valence-electron chi connectivity index (χ1n) is 5.68. The Balaban J connectivity index is 2.47. The SMILES string of the molecule is CC(C)(C)OC(=O)c1nc2nc(=N)n(C(=O)O)cc2[nH]1. The van der Waals surface area contributed by atoms with E-state index >= 15 is 0 Å². The van der Waals surface area contributed by atoms with E-state index < -0.39 is 23.3 Å². The molecule has 0 aliphatic rings. The Morgan fingerprint density at radius 1 is 1.40 bits per heavy atom. The molecule has 0 fully saturated rings. The highest BCUT2D eigenvalue weighted by Gasteiger charge is 2.21. The minimum absolute atomic E-state index is 0.0772. The first kappa shape index (κ1) is 13.7. The lowest BCUT2D eigenvalue weighted by molar-refractivity contribution is 0.00571. The molecule has 0 atom stereocenters. The largest absolute Gasteiger partial charge is 0.464 e. The molecule has 0 aliphatic carbocycles. The predicted octanol–water partition coefficient (Wildman–Crippen LogP) is 0.720. The highest BCUT2D eigenvalue weighted by atomic mass is 16.6. The molecule has 9 nitrogen and oxygen atoms in total. The van der Waals surface area contributed by atoms with Crippen molar-refractivity contribution in [3.8, 4) is 0 Å². The Morgan fingerprint density at radius 2 is 2.05 bits per heavy atom. The number of esters is 1. The van der Waals surface area contributed by atoms with Crippen LogP contribution in [0.4, 0.5) is 4.79 Å². The minimum atomic E-state index is -1.35. The summed E-state index contributed by atoms with van der Waals surface area (Å²) in [4.78, 5) is 32.9. The van der Waals surface area contributed by atoms with Crippen LogP contribution in [0, 0.1) is 5.41 Å². The first-order valence-corrected chi connectivity index (χ1v) is 5.68. The van der Waals surface area contributed by atoms with Gasteiger partial charge in [-0.1, -0.05) is 0 Å². The van der Waals surface area contributed by atoms with Crippen molar-refractivity contribution in [3.63, 3.8) is 0 Å². The van der Waals surface area contributed by atoms with E-state index in [2.05, 4.69) is 15.0 Å². The summed E-state index contributed by atoms with van der Waals surface area (Å²) in [5, 5.41) is 16.3. The lowest BCUT2D eigenvalue weighted by Gasteiger charge is -2.18. The molecule has 20 heavy (non-hydrogen) atoms. The number of aromatic nitrogens is 4. The third-order valence-electron chi connectivity index (χ3n) is 2.21. The molecule has 3 N–H and O–H groups in total. The van der Waals surface area contributed by atoms with E-state index in [4.69, 9.17) is 15.3 Å². The quantitative estimate of drug-likeness (QED) is 0.658. The van der Waals surface area contributed by atoms with Crippen LogP contribution in [0.2, 0.25) is 0 Å². The van der Waals surface area contributed by atoms with Gasteiger partial charge >= 0.3 is 12.1 Å². The molecule has 0 unspecified atom stereocenters. The van der Waals surface area contributed by atoms with Crippen LogP contribution in [0.3, 0.4) is 0 Å². The summed E-state index contributed by atoms with van der Waals surface area (Å²) < 4.78 is 5.74. The number of aromatic amines is 1. The van der Waals surface area contributed by atoms with Crippen molar-refractivity contribution >= 4 is 23.2 Å². The zero-order chi connectivity index (χ0) is 15.1. The van der Waals surface area contributed by atoms with E-state index in [1.165, 1.54) is 0 Å². The van der Waals surface area contributed by atoms with Crippen LogP contribution in [0.25, 0.3) is 11.2 Å². The topological polar surface area (TPSA) is 134 Å². The second-order valence-electron chi connectivity index (χ2n) is 5.04. The maximum Gasteiger partial charge on any atom is 0.418 e. The molecule has 2 rings (SSSR count). The van der Waals surface area contributed by atoms with Crippen molar-refractivity contribution in [1.29, 1.82) is 5.41 Å². The molecule has 2 aromatic heterocycles. The molecule has 0 aromatic carbocycles. The number of carbonyl (C=O) groups is 2. The van der Waals surface area contributed by atoms with Gasteiger partial charge in [0.05, 0.1) is 0 Å². The highest BCUT2D eigenvalue weighted by molar-refractivity contribution is 5.89. The number of imidazole rings is 1. The van der Waals surface area contributed by atoms with E-state index in [1.54, 1.807) is 20.8 Å². The molecular formula is C11H13N5O4. The maximum atomic E-state index is 11.8. The standard InChI is InChI=1S/C11H13N5O4/c1-11(2,3)20-8(17)7-13-5-4-16(10(18)19)9(12)15-6(5)14-7/h4H,1-3H3,(H,18,19)(H2,12,13,14,15). The first-order chi connectivity index (χ1) is 9.17. The van der Waals surface area contributed by atoms with Gasteiger partial charge in [0.1, 0.15) is 11.1 Å². The number of H-pyrrole nitrogens is 1. The molecule has 0 saturated carbocycles. The summed E-state index contributed by atoms with van der Waals surface area (Å²) in [6, 6.07) is 0. The van der Waals surface area contributed by atoms with Gasteiger partial charge < -0.3 is 14.8 Å². The maximum absolute atomic E-state index is 11.8. The fraction of sp³-hybridized carbons (Fsp3) is 0.364. The molecule has 2 aromatic rings. The predicted molar refractivity (Wildman–Crippen MR) is 66.3 cm³/mol. The van der Waals surface area contributed by atoms with Crippen molar-refractivity contribution in [1.82, 2.24) is 19.5 Å². The molecule has 2 heterocycles. The summed E-state index contributed by atoms with van der Waals surface area (Å²) >= 11 is 0. The van der Waals surface area contributed by atoms with Crippen molar-refractivity contribution in [2.45, 2.75) is 26.4 Å². The Morgan fingerprint density at radius 3 is 2.60 bits per heavy atom. The third kappa shape index (κ3) is 2.66. The lowest BCUT2D eigenvalue weighted by Crippen LogP contribution is -2.27. The van der Waals surface area contributed by atoms with Crippen LogP contribution in [-0.2, 0) is 4.74 Å². The molecule has 0 bridgehead atoms. The van der Waals surface area contributed by atoms with Gasteiger partial charge in [-0.2, -0.15) is 4.98 Å². The Labute approximate surface area is 112 Å². The third-order valence-corrected chi connectivity index (χ3v) is 2.21. The number of carbonyl (C=O) groups excluding carboxylic acids is 1. The summed E-state index contributed by atoms with van der Waals surface area (Å²) in [5.41, 5.74) is -0.865. The van der Waals surface area contributed by atoms with Gasteiger partial charge in [-0.15, -0.1) is 0 Å². The number of hydrogen-bond acceptors (Lipinski definition) is 6. The van der Waals surface area contributed by atoms with Crippen LogP contribution in [0.1, 0.15) is 31.4 Å². The zero-order valence-corrected chi connectivity index (χ0v) is 11.1. The van der Waals surface area contributed by atoms with Crippen LogP contribution in [0.15, 0.2) is 6.20 Å². The Bertz CT molecular complexity index is 752. The van der Waals surface area contributed by atoms with E-state index in [0.29, 0.717) is 4.57 Å². The lowest BCUT2D eigenvalue weighted by atomic mass is 10.2. The van der Waals surface area contributed by atoms with Gasteiger partial charge in [-0.3, -0.25) is 5.41 Å². The van der Waals surface area contributed by atoms with Crippen molar-refractivity contribution in [2.24, 2.45) is 0 Å².